The number of benzene rings is 2. The molecule has 0 aliphatic heterocycles. The predicted octanol–water partition coefficient (Wildman–Crippen LogP) is 4.08. The number of hydrogen-bond donors (Lipinski definition) is 0. The molecule has 24 heavy (non-hydrogen) atoms. The van der Waals surface area contributed by atoms with Gasteiger partial charge in [-0.05, 0) is 31.0 Å². The molecule has 0 fully saturated rings. The third kappa shape index (κ3) is 3.16. The van der Waals surface area contributed by atoms with Gasteiger partial charge in [-0.15, -0.1) is 10.2 Å². The van der Waals surface area contributed by atoms with Crippen molar-refractivity contribution in [2.24, 2.45) is 0 Å². The number of hydrogen-bond acceptors (Lipinski definition) is 5. The fraction of sp³-hybridized carbons (Fsp3) is 0.176. The monoisotopic (exact) mass is 340 g/mol. The zero-order valence-electron chi connectivity index (χ0n) is 13.3. The Balaban J connectivity index is 1.85. The summed E-state index contributed by atoms with van der Waals surface area (Å²) in [6.45, 7) is 3.81. The Labute approximate surface area is 143 Å². The zero-order chi connectivity index (χ0) is 17.1. The Bertz CT molecular complexity index is 892. The molecule has 0 N–H and O–H groups in total. The van der Waals surface area contributed by atoms with Crippen LogP contribution in [0, 0.1) is 24.0 Å². The van der Waals surface area contributed by atoms with Crippen molar-refractivity contribution in [3.05, 3.63) is 75.6 Å². The number of nitrogens with zero attached hydrogens (tertiary/aromatic N) is 4. The summed E-state index contributed by atoms with van der Waals surface area (Å²) < 4.78 is 1.94. The van der Waals surface area contributed by atoms with Crippen molar-refractivity contribution in [3.63, 3.8) is 0 Å². The van der Waals surface area contributed by atoms with Crippen LogP contribution in [-0.2, 0) is 5.75 Å². The van der Waals surface area contributed by atoms with Crippen LogP contribution in [0.4, 0.5) is 5.69 Å². The fourth-order valence-electron chi connectivity index (χ4n) is 2.49. The highest BCUT2D eigenvalue weighted by Crippen LogP contribution is 2.28. The maximum absolute atomic E-state index is 11.1. The SMILES string of the molecule is Cc1ccccc1-n1cnnc1SCc1cccc([N+](=O)[O-])c1C. The van der Waals surface area contributed by atoms with E-state index < -0.39 is 0 Å². The summed E-state index contributed by atoms with van der Waals surface area (Å²) in [5.41, 5.74) is 3.92. The van der Waals surface area contributed by atoms with E-state index in [1.807, 2.05) is 41.8 Å². The number of thioether (sulfide) groups is 1. The van der Waals surface area contributed by atoms with Gasteiger partial charge in [0.2, 0.25) is 0 Å². The smallest absolute Gasteiger partial charge is 0.272 e. The molecule has 3 aromatic rings. The van der Waals surface area contributed by atoms with Gasteiger partial charge in [0.1, 0.15) is 6.33 Å². The van der Waals surface area contributed by atoms with Crippen molar-refractivity contribution in [3.8, 4) is 5.69 Å². The summed E-state index contributed by atoms with van der Waals surface area (Å²) in [7, 11) is 0. The highest BCUT2D eigenvalue weighted by atomic mass is 32.2. The molecule has 0 atom stereocenters. The Morgan fingerprint density at radius 1 is 1.17 bits per heavy atom. The molecule has 0 unspecified atom stereocenters. The van der Waals surface area contributed by atoms with Crippen LogP contribution >= 0.6 is 11.8 Å². The lowest BCUT2D eigenvalue weighted by Crippen LogP contribution is -1.99. The van der Waals surface area contributed by atoms with Crippen molar-refractivity contribution >= 4 is 17.4 Å². The second-order valence-electron chi connectivity index (χ2n) is 5.38. The molecule has 122 valence electrons. The van der Waals surface area contributed by atoms with Crippen LogP contribution in [0.5, 0.6) is 0 Å². The van der Waals surface area contributed by atoms with Crippen LogP contribution in [-0.4, -0.2) is 19.7 Å². The van der Waals surface area contributed by atoms with Crippen molar-refractivity contribution in [2.45, 2.75) is 24.8 Å². The highest BCUT2D eigenvalue weighted by Gasteiger charge is 2.15. The van der Waals surface area contributed by atoms with Gasteiger partial charge in [-0.25, -0.2) is 0 Å². The molecular weight excluding hydrogens is 324 g/mol. The van der Waals surface area contributed by atoms with E-state index in [0.29, 0.717) is 11.3 Å². The standard InChI is InChI=1S/C17H16N4O2S/c1-12-6-3-4-8-15(12)20-11-18-19-17(20)24-10-14-7-5-9-16(13(14)2)21(22)23/h3-9,11H,10H2,1-2H3. The highest BCUT2D eigenvalue weighted by molar-refractivity contribution is 7.98. The lowest BCUT2D eigenvalue weighted by atomic mass is 10.1. The van der Waals surface area contributed by atoms with Gasteiger partial charge in [-0.2, -0.15) is 0 Å². The molecule has 0 aliphatic rings. The summed E-state index contributed by atoms with van der Waals surface area (Å²) in [6, 6.07) is 13.2. The van der Waals surface area contributed by atoms with Crippen molar-refractivity contribution in [1.82, 2.24) is 14.8 Å². The molecule has 0 bridgehead atoms. The van der Waals surface area contributed by atoms with Gasteiger partial charge in [-0.3, -0.25) is 14.7 Å². The molecule has 0 aliphatic carbocycles. The molecule has 0 saturated heterocycles. The van der Waals surface area contributed by atoms with Gasteiger partial charge in [0.05, 0.1) is 10.6 Å². The van der Waals surface area contributed by atoms with Crippen LogP contribution < -0.4 is 0 Å². The van der Waals surface area contributed by atoms with Gasteiger partial charge in [-0.1, -0.05) is 42.1 Å². The van der Waals surface area contributed by atoms with Crippen LogP contribution in [0.1, 0.15) is 16.7 Å². The van der Waals surface area contributed by atoms with E-state index in [1.54, 1.807) is 19.3 Å². The van der Waals surface area contributed by atoms with E-state index >= 15 is 0 Å². The molecular formula is C17H16N4O2S. The summed E-state index contributed by atoms with van der Waals surface area (Å²) >= 11 is 1.51. The summed E-state index contributed by atoms with van der Waals surface area (Å²) in [5, 5.41) is 20.0. The van der Waals surface area contributed by atoms with Gasteiger partial charge in [0.25, 0.3) is 5.69 Å². The maximum atomic E-state index is 11.1. The summed E-state index contributed by atoms with van der Waals surface area (Å²) in [5.74, 6) is 0.595. The number of aromatic nitrogens is 3. The van der Waals surface area contributed by atoms with Crippen LogP contribution in [0.15, 0.2) is 53.9 Å². The molecule has 2 aromatic carbocycles. The van der Waals surface area contributed by atoms with Gasteiger partial charge in [0.15, 0.2) is 5.16 Å². The molecule has 0 amide bonds. The second-order valence-corrected chi connectivity index (χ2v) is 6.32. The van der Waals surface area contributed by atoms with E-state index in [2.05, 4.69) is 10.2 Å². The van der Waals surface area contributed by atoms with Crippen molar-refractivity contribution in [1.29, 1.82) is 0 Å². The molecule has 3 rings (SSSR count). The topological polar surface area (TPSA) is 73.8 Å². The van der Waals surface area contributed by atoms with Crippen LogP contribution in [0.3, 0.4) is 0 Å². The second kappa shape index (κ2) is 6.84. The Kier molecular flexibility index (Phi) is 4.61. The Morgan fingerprint density at radius 3 is 2.71 bits per heavy atom. The lowest BCUT2D eigenvalue weighted by molar-refractivity contribution is -0.385. The molecule has 0 spiro atoms. The van der Waals surface area contributed by atoms with Crippen molar-refractivity contribution in [2.75, 3.05) is 0 Å². The molecule has 0 saturated carbocycles. The first-order valence-electron chi connectivity index (χ1n) is 7.39. The molecule has 1 heterocycles. The first kappa shape index (κ1) is 16.2. The minimum absolute atomic E-state index is 0.147. The largest absolute Gasteiger partial charge is 0.276 e. The predicted molar refractivity (Wildman–Crippen MR) is 93.5 cm³/mol. The lowest BCUT2D eigenvalue weighted by Gasteiger charge is -2.10. The first-order valence-corrected chi connectivity index (χ1v) is 8.38. The Morgan fingerprint density at radius 2 is 1.96 bits per heavy atom. The van der Waals surface area contributed by atoms with Gasteiger partial charge < -0.3 is 0 Å². The van der Waals surface area contributed by atoms with Gasteiger partial charge >= 0.3 is 0 Å². The first-order chi connectivity index (χ1) is 11.6. The average molecular weight is 340 g/mol. The minimum Gasteiger partial charge on any atom is -0.276 e. The third-order valence-corrected chi connectivity index (χ3v) is 4.85. The van der Waals surface area contributed by atoms with Gasteiger partial charge in [0, 0.05) is 17.4 Å². The fourth-order valence-corrected chi connectivity index (χ4v) is 3.47. The minimum atomic E-state index is -0.348. The number of nitro benzene ring substituents is 1. The quantitative estimate of drug-likeness (QED) is 0.397. The van der Waals surface area contributed by atoms with Crippen molar-refractivity contribution < 1.29 is 4.92 Å². The number of aryl methyl sites for hydroxylation is 1. The molecule has 7 heteroatoms. The van der Waals surface area contributed by atoms with E-state index in [1.165, 1.54) is 17.8 Å². The Hall–Kier alpha value is -2.67. The molecule has 1 aromatic heterocycles. The summed E-state index contributed by atoms with van der Waals surface area (Å²) in [6.07, 6.45) is 1.69. The summed E-state index contributed by atoms with van der Waals surface area (Å²) in [4.78, 5) is 10.7. The van der Waals surface area contributed by atoms with E-state index in [4.69, 9.17) is 0 Å². The van der Waals surface area contributed by atoms with Crippen LogP contribution in [0.2, 0.25) is 0 Å². The molecule has 0 radical (unpaired) electrons. The van der Waals surface area contributed by atoms with E-state index in [-0.39, 0.29) is 10.6 Å². The van der Waals surface area contributed by atoms with E-state index in [0.717, 1.165) is 22.0 Å². The normalized spacial score (nSPS) is 10.8. The number of nitro groups is 1. The maximum Gasteiger partial charge on any atom is 0.272 e. The average Bonchev–Trinajstić information content (AvgIpc) is 3.02. The van der Waals surface area contributed by atoms with Crippen LogP contribution in [0.25, 0.3) is 5.69 Å². The zero-order valence-corrected chi connectivity index (χ0v) is 14.2. The third-order valence-electron chi connectivity index (χ3n) is 3.86. The number of para-hydroxylation sites is 1. The number of rotatable bonds is 5. The van der Waals surface area contributed by atoms with E-state index in [9.17, 15) is 10.1 Å². The molecule has 6 nitrogen and oxygen atoms in total.